The molecule has 164 valence electrons. The predicted octanol–water partition coefficient (Wildman–Crippen LogP) is 8.80. The van der Waals surface area contributed by atoms with Gasteiger partial charge in [0, 0.05) is 6.20 Å². The fraction of sp³-hybridized carbons (Fsp3) is 0.0690. The molecule has 0 spiro atoms. The molecule has 1 aliphatic carbocycles. The summed E-state index contributed by atoms with van der Waals surface area (Å²) in [7, 11) is 9.78. The first-order valence-electron chi connectivity index (χ1n) is 10.8. The molecule has 1 aromatic heterocycles. The Hall–Kier alpha value is -2.42. The molecule has 0 bridgehead atoms. The second-order valence-electron chi connectivity index (χ2n) is 7.63. The van der Waals surface area contributed by atoms with Crippen LogP contribution in [0.1, 0.15) is 12.0 Å². The van der Waals surface area contributed by atoms with Gasteiger partial charge in [-0.2, -0.15) is 6.08 Å². The van der Waals surface area contributed by atoms with Gasteiger partial charge in [-0.3, -0.25) is 6.08 Å². The summed E-state index contributed by atoms with van der Waals surface area (Å²) >= 11 is -0.556. The number of allylic oxidation sites excluding steroid dienone is 4. The molecule has 5 aromatic rings. The minimum atomic E-state index is -0.556. The monoisotopic (exact) mass is 503 g/mol. The van der Waals surface area contributed by atoms with E-state index in [9.17, 15) is 0 Å². The molecule has 4 heteroatoms. The Balaban J connectivity index is 0.000000150. The molecule has 0 N–H and O–H groups in total. The number of aromatic nitrogens is 1. The first-order valence-corrected chi connectivity index (χ1v) is 15.1. The van der Waals surface area contributed by atoms with Gasteiger partial charge >= 0.3 is 35.6 Å². The number of benzene rings is 3. The molecular formula is C29H23Cl2NTi-2. The summed E-state index contributed by atoms with van der Waals surface area (Å²) in [4.78, 5) is 0. The molecule has 0 aliphatic heterocycles. The summed E-state index contributed by atoms with van der Waals surface area (Å²) in [5.41, 5.74) is 5.18. The van der Waals surface area contributed by atoms with E-state index in [-0.39, 0.29) is 0 Å². The maximum absolute atomic E-state index is 4.89. The Bertz CT molecular complexity index is 1330. The molecule has 0 saturated heterocycles. The number of hydrogen-bond donors (Lipinski definition) is 0. The maximum Gasteiger partial charge on any atom is 0.0511 e. The number of para-hydroxylation sites is 1. The molecular weight excluding hydrogens is 481 g/mol. The summed E-state index contributed by atoms with van der Waals surface area (Å²) < 4.78 is 2.25. The Kier molecular flexibility index (Phi) is 8.75. The van der Waals surface area contributed by atoms with E-state index in [1.165, 1.54) is 38.5 Å². The van der Waals surface area contributed by atoms with Crippen LogP contribution in [-0.2, 0) is 23.5 Å². The van der Waals surface area contributed by atoms with Crippen molar-refractivity contribution in [1.82, 2.24) is 4.57 Å². The Labute approximate surface area is 212 Å². The van der Waals surface area contributed by atoms with Crippen LogP contribution in [0.3, 0.4) is 0 Å². The van der Waals surface area contributed by atoms with E-state index in [0.717, 1.165) is 12.8 Å². The molecule has 33 heavy (non-hydrogen) atoms. The molecule has 4 aromatic carbocycles. The zero-order chi connectivity index (χ0) is 22.9. The van der Waals surface area contributed by atoms with Crippen molar-refractivity contribution in [2.24, 2.45) is 0 Å². The van der Waals surface area contributed by atoms with Crippen LogP contribution >= 0.6 is 18.6 Å². The van der Waals surface area contributed by atoms with Crippen LogP contribution in [0.25, 0.3) is 27.4 Å². The van der Waals surface area contributed by atoms with Crippen molar-refractivity contribution < 1.29 is 17.0 Å². The Morgan fingerprint density at radius 1 is 0.848 bits per heavy atom. The summed E-state index contributed by atoms with van der Waals surface area (Å²) in [6, 6.07) is 34.1. The smallest absolute Gasteiger partial charge is 0.0511 e. The topological polar surface area (TPSA) is 4.93 Å². The van der Waals surface area contributed by atoms with Crippen molar-refractivity contribution in [2.75, 3.05) is 0 Å². The quantitative estimate of drug-likeness (QED) is 0.171. The van der Waals surface area contributed by atoms with E-state index >= 15 is 0 Å². The van der Waals surface area contributed by atoms with Gasteiger partial charge in [-0.1, -0.05) is 54.6 Å². The van der Waals surface area contributed by atoms with E-state index in [1.807, 2.05) is 6.07 Å². The van der Waals surface area contributed by atoms with E-state index in [1.54, 1.807) is 0 Å². The van der Waals surface area contributed by atoms with Crippen LogP contribution in [0, 0.1) is 6.08 Å². The van der Waals surface area contributed by atoms with E-state index < -0.39 is 17.0 Å². The normalized spacial score (nSPS) is 12.0. The van der Waals surface area contributed by atoms with Gasteiger partial charge in [-0.25, -0.2) is 11.6 Å². The molecule has 6 rings (SSSR count). The number of nitrogens with zero attached hydrogens (tertiary/aromatic N) is 1. The van der Waals surface area contributed by atoms with Gasteiger partial charge in [0.25, 0.3) is 0 Å². The van der Waals surface area contributed by atoms with Crippen molar-refractivity contribution in [1.29, 1.82) is 0 Å². The number of hydrogen-bond acceptors (Lipinski definition) is 0. The fourth-order valence-corrected chi connectivity index (χ4v) is 3.97. The molecule has 1 aliphatic rings. The maximum atomic E-state index is 4.89. The van der Waals surface area contributed by atoms with Gasteiger partial charge in [0.1, 0.15) is 0 Å². The minimum Gasteiger partial charge on any atom is -0.335 e. The molecule has 1 heterocycles. The van der Waals surface area contributed by atoms with Crippen LogP contribution < -0.4 is 0 Å². The second-order valence-corrected chi connectivity index (χ2v) is 10.2. The largest absolute Gasteiger partial charge is 0.335 e. The first-order chi connectivity index (χ1) is 16.3. The molecule has 0 saturated carbocycles. The third-order valence-electron chi connectivity index (χ3n) is 5.48. The van der Waals surface area contributed by atoms with E-state index in [0.29, 0.717) is 0 Å². The van der Waals surface area contributed by atoms with Crippen molar-refractivity contribution in [3.8, 4) is 5.69 Å². The second kappa shape index (κ2) is 12.2. The zero-order valence-electron chi connectivity index (χ0n) is 18.1. The van der Waals surface area contributed by atoms with Gasteiger partial charge < -0.3 is 4.57 Å². The van der Waals surface area contributed by atoms with Crippen molar-refractivity contribution in [3.05, 3.63) is 133 Å². The van der Waals surface area contributed by atoms with Crippen molar-refractivity contribution >= 4 is 40.3 Å². The molecule has 1 nitrogen and oxygen atoms in total. The molecule has 0 radical (unpaired) electrons. The Morgan fingerprint density at radius 3 is 2.27 bits per heavy atom. The summed E-state index contributed by atoms with van der Waals surface area (Å²) in [5, 5.41) is 3.87. The summed E-state index contributed by atoms with van der Waals surface area (Å²) in [6.45, 7) is 0. The van der Waals surface area contributed by atoms with Crippen LogP contribution in [0.2, 0.25) is 0 Å². The summed E-state index contributed by atoms with van der Waals surface area (Å²) in [5.74, 6) is 0. The molecule has 0 fully saturated rings. The van der Waals surface area contributed by atoms with Crippen molar-refractivity contribution in [2.45, 2.75) is 12.8 Å². The van der Waals surface area contributed by atoms with Crippen molar-refractivity contribution in [3.63, 3.8) is 0 Å². The predicted molar refractivity (Wildman–Crippen MR) is 139 cm³/mol. The van der Waals surface area contributed by atoms with Gasteiger partial charge in [0.05, 0.1) is 5.52 Å². The molecule has 0 unspecified atom stereocenters. The average molecular weight is 504 g/mol. The summed E-state index contributed by atoms with van der Waals surface area (Å²) in [6.07, 6.45) is 11.8. The fourth-order valence-electron chi connectivity index (χ4n) is 3.97. The zero-order valence-corrected chi connectivity index (χ0v) is 21.2. The van der Waals surface area contributed by atoms with Crippen LogP contribution in [0.15, 0.2) is 121 Å². The van der Waals surface area contributed by atoms with Gasteiger partial charge in [0.15, 0.2) is 0 Å². The standard InChI is InChI=1S/C17H12N.C12H11.2ClH.Ti/c1-2-7-15-12-16(11-14(15)6-1)18-10-9-13-5-3-4-8-17(13)18;1-2-6-11(7-3-1)10-12-8-4-5-9-12;;;/h1-12H;1-4,6-8H,5,10H2;2*1H;/q2*-1;;;+2/p-2. The number of halogens is 2. The minimum absolute atomic E-state index is 0.556. The number of rotatable bonds is 3. The first kappa shape index (κ1) is 23.7. The third kappa shape index (κ3) is 6.34. The van der Waals surface area contributed by atoms with Gasteiger partial charge in [-0.05, 0) is 35.2 Å². The average Bonchev–Trinajstić information content (AvgIpc) is 3.60. The number of fused-ring (bicyclic) bond motifs is 2. The molecule has 0 amide bonds. The Morgan fingerprint density at radius 2 is 1.55 bits per heavy atom. The van der Waals surface area contributed by atoms with E-state index in [2.05, 4.69) is 120 Å². The molecule has 0 atom stereocenters. The van der Waals surface area contributed by atoms with Crippen LogP contribution in [0.4, 0.5) is 0 Å². The third-order valence-corrected chi connectivity index (χ3v) is 5.48. The SMILES string of the molecule is [C-]1=C(Cc2ccccc2)C=CC1.[Cl][Ti][Cl].c1ccc2[cH-]c(-n3ccc4ccccc43)cc2c1. The van der Waals surface area contributed by atoms with Crippen LogP contribution in [0.5, 0.6) is 0 Å². The van der Waals surface area contributed by atoms with Gasteiger partial charge in [0.2, 0.25) is 0 Å². The van der Waals surface area contributed by atoms with Crippen LogP contribution in [-0.4, -0.2) is 4.57 Å². The van der Waals surface area contributed by atoms with E-state index in [4.69, 9.17) is 18.6 Å². The van der Waals surface area contributed by atoms with Gasteiger partial charge in [-0.15, -0.1) is 47.5 Å².